The van der Waals surface area contributed by atoms with Crippen LogP contribution in [0.15, 0.2) is 94.5 Å². The van der Waals surface area contributed by atoms with Crippen molar-refractivity contribution in [2.24, 2.45) is 0 Å². The monoisotopic (exact) mass is 444 g/mol. The van der Waals surface area contributed by atoms with Gasteiger partial charge in [0, 0.05) is 13.6 Å². The molecule has 4 rings (SSSR count). The summed E-state index contributed by atoms with van der Waals surface area (Å²) in [5.74, 6) is -1.11. The van der Waals surface area contributed by atoms with Crippen LogP contribution in [0.4, 0.5) is 4.39 Å². The molecule has 0 unspecified atom stereocenters. The number of carbonyl (C=O) groups excluding carboxylic acids is 1. The van der Waals surface area contributed by atoms with E-state index in [1.807, 2.05) is 36.4 Å². The van der Waals surface area contributed by atoms with Gasteiger partial charge in [0.25, 0.3) is 11.5 Å². The van der Waals surface area contributed by atoms with E-state index in [1.54, 1.807) is 31.3 Å². The predicted molar refractivity (Wildman–Crippen MR) is 122 cm³/mol. The summed E-state index contributed by atoms with van der Waals surface area (Å²) in [6.45, 7) is 0.222. The highest BCUT2D eigenvalue weighted by molar-refractivity contribution is 5.91. The second kappa shape index (κ2) is 9.44. The molecule has 166 valence electrons. The zero-order valence-corrected chi connectivity index (χ0v) is 17.9. The predicted octanol–water partition coefficient (Wildman–Crippen LogP) is 2.85. The van der Waals surface area contributed by atoms with Crippen molar-refractivity contribution in [3.63, 3.8) is 0 Å². The molecule has 0 fully saturated rings. The maximum Gasteiger partial charge on any atom is 0.352 e. The van der Waals surface area contributed by atoms with Gasteiger partial charge in [-0.3, -0.25) is 14.2 Å². The van der Waals surface area contributed by atoms with Gasteiger partial charge in [0.15, 0.2) is 0 Å². The molecular formula is C25H21FN4O3. The van der Waals surface area contributed by atoms with E-state index >= 15 is 0 Å². The molecule has 7 nitrogen and oxygen atoms in total. The fourth-order valence-corrected chi connectivity index (χ4v) is 3.41. The maximum atomic E-state index is 13.4. The van der Waals surface area contributed by atoms with Crippen molar-refractivity contribution in [3.05, 3.63) is 128 Å². The van der Waals surface area contributed by atoms with Crippen molar-refractivity contribution in [1.82, 2.24) is 19.2 Å². The zero-order chi connectivity index (χ0) is 23.4. The van der Waals surface area contributed by atoms with Gasteiger partial charge in [-0.1, -0.05) is 60.7 Å². The van der Waals surface area contributed by atoms with Gasteiger partial charge in [-0.25, -0.2) is 9.18 Å². The van der Waals surface area contributed by atoms with E-state index in [9.17, 15) is 18.8 Å². The average molecular weight is 444 g/mol. The molecule has 33 heavy (non-hydrogen) atoms. The van der Waals surface area contributed by atoms with E-state index in [1.165, 1.54) is 29.2 Å². The Morgan fingerprint density at radius 1 is 0.879 bits per heavy atom. The molecule has 1 aromatic heterocycles. The Balaban J connectivity index is 1.81. The van der Waals surface area contributed by atoms with Gasteiger partial charge in [0.2, 0.25) is 5.69 Å². The molecule has 1 heterocycles. The third kappa shape index (κ3) is 4.79. The normalized spacial score (nSPS) is 10.7. The van der Waals surface area contributed by atoms with Gasteiger partial charge in [0.1, 0.15) is 5.82 Å². The Kier molecular flexibility index (Phi) is 6.26. The summed E-state index contributed by atoms with van der Waals surface area (Å²) in [7, 11) is 1.56. The lowest BCUT2D eigenvalue weighted by Crippen LogP contribution is -2.46. The molecule has 8 heteroatoms. The van der Waals surface area contributed by atoms with E-state index in [4.69, 9.17) is 0 Å². The maximum absolute atomic E-state index is 13.4. The lowest BCUT2D eigenvalue weighted by molar-refractivity contribution is 0.0773. The molecule has 0 saturated carbocycles. The van der Waals surface area contributed by atoms with Crippen LogP contribution in [0, 0.1) is 5.82 Å². The van der Waals surface area contributed by atoms with E-state index in [0.29, 0.717) is 5.56 Å². The topological polar surface area (TPSA) is 77.2 Å². The van der Waals surface area contributed by atoms with Gasteiger partial charge >= 0.3 is 5.69 Å². The summed E-state index contributed by atoms with van der Waals surface area (Å²) < 4.78 is 15.3. The molecule has 0 spiro atoms. The summed E-state index contributed by atoms with van der Waals surface area (Å²) in [5, 5.41) is 4.09. The first-order chi connectivity index (χ1) is 15.9. The van der Waals surface area contributed by atoms with E-state index in [2.05, 4.69) is 5.10 Å². The molecule has 4 aromatic rings. The molecule has 0 bridgehead atoms. The number of hydrogen-bond acceptors (Lipinski definition) is 4. The summed E-state index contributed by atoms with van der Waals surface area (Å²) >= 11 is 0. The van der Waals surface area contributed by atoms with Crippen LogP contribution in [0.2, 0.25) is 0 Å². The third-order valence-corrected chi connectivity index (χ3v) is 5.13. The second-order valence-electron chi connectivity index (χ2n) is 7.54. The number of hydrogen-bond donors (Lipinski definition) is 0. The minimum atomic E-state index is -0.785. The van der Waals surface area contributed by atoms with Crippen LogP contribution in [0.25, 0.3) is 5.69 Å². The summed E-state index contributed by atoms with van der Waals surface area (Å²) in [6.07, 6.45) is 0. The fraction of sp³-hybridized carbons (Fsp3) is 0.120. The zero-order valence-electron chi connectivity index (χ0n) is 17.9. The van der Waals surface area contributed by atoms with Gasteiger partial charge in [-0.2, -0.15) is 9.78 Å². The smallest absolute Gasteiger partial charge is 0.336 e. The largest absolute Gasteiger partial charge is 0.352 e. The van der Waals surface area contributed by atoms with Crippen LogP contribution < -0.4 is 11.2 Å². The van der Waals surface area contributed by atoms with Crippen LogP contribution in [-0.4, -0.2) is 32.2 Å². The van der Waals surface area contributed by atoms with Crippen molar-refractivity contribution in [2.45, 2.75) is 13.1 Å². The molecule has 0 aliphatic rings. The fourth-order valence-electron chi connectivity index (χ4n) is 3.41. The summed E-state index contributed by atoms with van der Waals surface area (Å²) in [4.78, 5) is 40.9. The number of aromatic nitrogens is 3. The quantitative estimate of drug-likeness (QED) is 0.458. The van der Waals surface area contributed by atoms with Gasteiger partial charge in [-0.05, 0) is 35.4 Å². The second-order valence-corrected chi connectivity index (χ2v) is 7.54. The number of nitrogens with zero attached hydrogens (tertiary/aromatic N) is 4. The highest BCUT2D eigenvalue weighted by Crippen LogP contribution is 2.08. The van der Waals surface area contributed by atoms with E-state index in [-0.39, 0.29) is 18.8 Å². The minimum absolute atomic E-state index is 0.0368. The third-order valence-electron chi connectivity index (χ3n) is 5.13. The van der Waals surface area contributed by atoms with Crippen molar-refractivity contribution >= 4 is 5.91 Å². The molecule has 0 N–H and O–H groups in total. The Morgan fingerprint density at radius 3 is 2.06 bits per heavy atom. The van der Waals surface area contributed by atoms with Crippen molar-refractivity contribution in [2.75, 3.05) is 7.05 Å². The highest BCUT2D eigenvalue weighted by Gasteiger charge is 2.23. The highest BCUT2D eigenvalue weighted by atomic mass is 19.1. The molecule has 0 saturated heterocycles. The van der Waals surface area contributed by atoms with Crippen molar-refractivity contribution in [1.29, 1.82) is 0 Å². The number of amides is 1. The summed E-state index contributed by atoms with van der Waals surface area (Å²) in [5.41, 5.74) is -0.0736. The van der Waals surface area contributed by atoms with Crippen LogP contribution in [-0.2, 0) is 13.1 Å². The lowest BCUT2D eigenvalue weighted by Gasteiger charge is -2.18. The van der Waals surface area contributed by atoms with Crippen LogP contribution in [0.5, 0.6) is 0 Å². The van der Waals surface area contributed by atoms with Crippen LogP contribution in [0.1, 0.15) is 21.6 Å². The van der Waals surface area contributed by atoms with E-state index < -0.39 is 28.7 Å². The number of carbonyl (C=O) groups is 1. The van der Waals surface area contributed by atoms with E-state index in [0.717, 1.165) is 14.8 Å². The number of benzene rings is 3. The Morgan fingerprint density at radius 2 is 1.45 bits per heavy atom. The molecule has 0 aliphatic carbocycles. The molecule has 0 radical (unpaired) electrons. The Hall–Kier alpha value is -4.33. The van der Waals surface area contributed by atoms with Crippen LogP contribution in [0.3, 0.4) is 0 Å². The standard InChI is InChI=1S/C25H21FN4O3/c1-28(16-18-8-4-2-5-9-18)23(31)22-24(32)29(17-19-10-6-3-7-11-19)25(33)30(27-22)21-14-12-20(26)13-15-21/h2-15H,16-17H2,1H3. The Bertz CT molecular complexity index is 1380. The molecular weight excluding hydrogens is 423 g/mol. The molecule has 3 aromatic carbocycles. The summed E-state index contributed by atoms with van der Waals surface area (Å²) in [6, 6.07) is 23.4. The molecule has 0 atom stereocenters. The lowest BCUT2D eigenvalue weighted by atomic mass is 10.2. The van der Waals surface area contributed by atoms with Crippen LogP contribution >= 0.6 is 0 Å². The first-order valence-corrected chi connectivity index (χ1v) is 10.3. The van der Waals surface area contributed by atoms with Crippen molar-refractivity contribution < 1.29 is 9.18 Å². The number of rotatable bonds is 6. The number of halogens is 1. The minimum Gasteiger partial charge on any atom is -0.336 e. The average Bonchev–Trinajstić information content (AvgIpc) is 2.83. The van der Waals surface area contributed by atoms with Gasteiger partial charge in [-0.15, -0.1) is 0 Å². The first-order valence-electron chi connectivity index (χ1n) is 10.3. The Labute approximate surface area is 189 Å². The van der Waals surface area contributed by atoms with Gasteiger partial charge in [0.05, 0.1) is 12.2 Å². The SMILES string of the molecule is CN(Cc1ccccc1)C(=O)c1nn(-c2ccc(F)cc2)c(=O)n(Cc2ccccc2)c1=O. The molecule has 0 aliphatic heterocycles. The van der Waals surface area contributed by atoms with Crippen molar-refractivity contribution in [3.8, 4) is 5.69 Å². The first kappa shape index (κ1) is 21.9. The van der Waals surface area contributed by atoms with Gasteiger partial charge < -0.3 is 4.90 Å². The molecule has 1 amide bonds.